The number of nitrogens with zero attached hydrogens (tertiary/aromatic N) is 1. The molecule has 0 spiro atoms. The third-order valence-corrected chi connectivity index (χ3v) is 3.87. The predicted octanol–water partition coefficient (Wildman–Crippen LogP) is 2.96. The number of carboxylic acid groups (broad SMARTS) is 1. The fourth-order valence-corrected chi connectivity index (χ4v) is 2.87. The normalized spacial score (nSPS) is 30.8. The molecule has 1 saturated carbocycles. The molecule has 0 saturated heterocycles. The van der Waals surface area contributed by atoms with Crippen LogP contribution < -0.4 is 0 Å². The highest BCUT2D eigenvalue weighted by Crippen LogP contribution is 2.46. The van der Waals surface area contributed by atoms with Gasteiger partial charge in [0.15, 0.2) is 0 Å². The van der Waals surface area contributed by atoms with Crippen molar-refractivity contribution in [2.75, 3.05) is 0 Å². The molecule has 2 atom stereocenters. The van der Waals surface area contributed by atoms with Crippen molar-refractivity contribution in [1.29, 1.82) is 5.26 Å². The highest BCUT2D eigenvalue weighted by molar-refractivity contribution is 5.75. The van der Waals surface area contributed by atoms with Gasteiger partial charge in [0.1, 0.15) is 0 Å². The molecule has 0 heterocycles. The number of aliphatic carboxylic acids is 1. The molecule has 15 heavy (non-hydrogen) atoms. The lowest BCUT2D eigenvalue weighted by Gasteiger charge is -2.40. The largest absolute Gasteiger partial charge is 0.481 e. The van der Waals surface area contributed by atoms with Gasteiger partial charge in [-0.1, -0.05) is 19.8 Å². The van der Waals surface area contributed by atoms with Gasteiger partial charge in [0, 0.05) is 6.42 Å². The maximum atomic E-state index is 11.4. The van der Waals surface area contributed by atoms with Gasteiger partial charge in [-0.25, -0.2) is 0 Å². The first kappa shape index (κ1) is 12.0. The molecular formula is C12H19NO2. The zero-order valence-corrected chi connectivity index (χ0v) is 9.33. The second-order valence-corrected chi connectivity index (χ2v) is 4.45. The number of hydrogen-bond donors (Lipinski definition) is 1. The molecule has 1 aliphatic rings. The third kappa shape index (κ3) is 2.31. The van der Waals surface area contributed by atoms with Crippen LogP contribution in [0.25, 0.3) is 0 Å². The Kier molecular flexibility index (Phi) is 4.14. The van der Waals surface area contributed by atoms with E-state index in [0.29, 0.717) is 12.8 Å². The molecule has 3 nitrogen and oxygen atoms in total. The standard InChI is InChI=1S/C12H19NO2/c1-2-12(11(14)15)8-4-3-6-10(12)7-5-9-13/h10H,2-8H2,1H3,(H,14,15). The van der Waals surface area contributed by atoms with E-state index in [2.05, 4.69) is 6.07 Å². The van der Waals surface area contributed by atoms with Gasteiger partial charge in [-0.3, -0.25) is 4.79 Å². The van der Waals surface area contributed by atoms with Crippen molar-refractivity contribution < 1.29 is 9.90 Å². The molecule has 1 fully saturated rings. The average molecular weight is 209 g/mol. The highest BCUT2D eigenvalue weighted by atomic mass is 16.4. The Balaban J connectivity index is 2.79. The van der Waals surface area contributed by atoms with Gasteiger partial charge >= 0.3 is 5.97 Å². The van der Waals surface area contributed by atoms with Gasteiger partial charge in [0.05, 0.1) is 11.5 Å². The first-order valence-electron chi connectivity index (χ1n) is 5.77. The van der Waals surface area contributed by atoms with E-state index in [1.54, 1.807) is 0 Å². The minimum Gasteiger partial charge on any atom is -0.481 e. The van der Waals surface area contributed by atoms with Crippen LogP contribution in [-0.2, 0) is 4.79 Å². The summed E-state index contributed by atoms with van der Waals surface area (Å²) in [5.41, 5.74) is -0.547. The van der Waals surface area contributed by atoms with E-state index >= 15 is 0 Å². The van der Waals surface area contributed by atoms with Crippen molar-refractivity contribution >= 4 is 5.97 Å². The second-order valence-electron chi connectivity index (χ2n) is 4.45. The maximum Gasteiger partial charge on any atom is 0.309 e. The van der Waals surface area contributed by atoms with Gasteiger partial charge < -0.3 is 5.11 Å². The zero-order chi connectivity index (χ0) is 11.3. The van der Waals surface area contributed by atoms with Crippen molar-refractivity contribution in [3.63, 3.8) is 0 Å². The number of rotatable bonds is 4. The molecule has 1 aliphatic carbocycles. The van der Waals surface area contributed by atoms with E-state index in [-0.39, 0.29) is 5.92 Å². The lowest BCUT2D eigenvalue weighted by molar-refractivity contribution is -0.155. The Morgan fingerprint density at radius 3 is 2.87 bits per heavy atom. The first-order chi connectivity index (χ1) is 7.17. The molecule has 0 bridgehead atoms. The molecule has 0 aromatic rings. The summed E-state index contributed by atoms with van der Waals surface area (Å²) in [6.45, 7) is 1.96. The summed E-state index contributed by atoms with van der Waals surface area (Å²) < 4.78 is 0. The SMILES string of the molecule is CCC1(C(=O)O)CCCCC1CCC#N. The Morgan fingerprint density at radius 1 is 1.60 bits per heavy atom. The molecule has 3 heteroatoms. The summed E-state index contributed by atoms with van der Waals surface area (Å²) in [4.78, 5) is 11.4. The number of carboxylic acids is 1. The van der Waals surface area contributed by atoms with Gasteiger partial charge in [-0.05, 0) is 31.6 Å². The number of hydrogen-bond acceptors (Lipinski definition) is 2. The summed E-state index contributed by atoms with van der Waals surface area (Å²) in [6, 6.07) is 2.12. The summed E-state index contributed by atoms with van der Waals surface area (Å²) in [5.74, 6) is -0.457. The smallest absolute Gasteiger partial charge is 0.309 e. The molecule has 1 rings (SSSR count). The van der Waals surface area contributed by atoms with E-state index in [4.69, 9.17) is 5.26 Å². The van der Waals surface area contributed by atoms with Crippen LogP contribution in [0.3, 0.4) is 0 Å². The summed E-state index contributed by atoms with van der Waals surface area (Å²) >= 11 is 0. The fourth-order valence-electron chi connectivity index (χ4n) is 2.87. The van der Waals surface area contributed by atoms with E-state index in [1.165, 1.54) is 0 Å². The van der Waals surface area contributed by atoms with Gasteiger partial charge in [0.2, 0.25) is 0 Å². The van der Waals surface area contributed by atoms with Crippen LogP contribution in [0.15, 0.2) is 0 Å². The Bertz CT molecular complexity index is 269. The molecule has 84 valence electrons. The Hall–Kier alpha value is -1.04. The third-order valence-electron chi connectivity index (χ3n) is 3.87. The number of nitriles is 1. The molecule has 0 aromatic carbocycles. The molecule has 2 unspecified atom stereocenters. The van der Waals surface area contributed by atoms with Gasteiger partial charge in [-0.2, -0.15) is 5.26 Å². The van der Waals surface area contributed by atoms with Crippen LogP contribution in [0.2, 0.25) is 0 Å². The monoisotopic (exact) mass is 209 g/mol. The van der Waals surface area contributed by atoms with Crippen LogP contribution in [0.1, 0.15) is 51.9 Å². The van der Waals surface area contributed by atoms with Gasteiger partial charge in [0.25, 0.3) is 0 Å². The van der Waals surface area contributed by atoms with Crippen molar-refractivity contribution in [2.45, 2.75) is 51.9 Å². The average Bonchev–Trinajstić information content (AvgIpc) is 2.26. The molecular weight excluding hydrogens is 190 g/mol. The van der Waals surface area contributed by atoms with Crippen LogP contribution in [-0.4, -0.2) is 11.1 Å². The van der Waals surface area contributed by atoms with Crippen LogP contribution in [0.5, 0.6) is 0 Å². The van der Waals surface area contributed by atoms with Crippen LogP contribution in [0.4, 0.5) is 0 Å². The second kappa shape index (κ2) is 5.16. The quantitative estimate of drug-likeness (QED) is 0.774. The Labute approximate surface area is 91.1 Å². The van der Waals surface area contributed by atoms with Crippen LogP contribution >= 0.6 is 0 Å². The van der Waals surface area contributed by atoms with E-state index in [1.807, 2.05) is 6.92 Å². The first-order valence-corrected chi connectivity index (χ1v) is 5.77. The van der Waals surface area contributed by atoms with Crippen molar-refractivity contribution in [2.24, 2.45) is 11.3 Å². The minimum atomic E-state index is -0.660. The predicted molar refractivity (Wildman–Crippen MR) is 57.2 cm³/mol. The molecule has 0 aliphatic heterocycles. The lowest BCUT2D eigenvalue weighted by atomic mass is 9.63. The topological polar surface area (TPSA) is 61.1 Å². The number of carbonyl (C=O) groups is 1. The van der Waals surface area contributed by atoms with Gasteiger partial charge in [-0.15, -0.1) is 0 Å². The zero-order valence-electron chi connectivity index (χ0n) is 9.33. The molecule has 0 aromatic heterocycles. The van der Waals surface area contributed by atoms with E-state index < -0.39 is 11.4 Å². The van der Waals surface area contributed by atoms with Crippen molar-refractivity contribution in [1.82, 2.24) is 0 Å². The van der Waals surface area contributed by atoms with Crippen LogP contribution in [0, 0.1) is 22.7 Å². The van der Waals surface area contributed by atoms with E-state index in [0.717, 1.165) is 32.1 Å². The lowest BCUT2D eigenvalue weighted by Crippen LogP contribution is -2.40. The molecule has 0 radical (unpaired) electrons. The fraction of sp³-hybridized carbons (Fsp3) is 0.833. The summed E-state index contributed by atoms with van der Waals surface area (Å²) in [6.07, 6.45) is 5.82. The summed E-state index contributed by atoms with van der Waals surface area (Å²) in [5, 5.41) is 18.0. The molecule has 1 N–H and O–H groups in total. The highest BCUT2D eigenvalue weighted by Gasteiger charge is 2.45. The maximum absolute atomic E-state index is 11.4. The summed E-state index contributed by atoms with van der Waals surface area (Å²) in [7, 11) is 0. The van der Waals surface area contributed by atoms with E-state index in [9.17, 15) is 9.90 Å². The van der Waals surface area contributed by atoms with Crippen molar-refractivity contribution in [3.8, 4) is 6.07 Å². The minimum absolute atomic E-state index is 0.202. The van der Waals surface area contributed by atoms with Crippen molar-refractivity contribution in [3.05, 3.63) is 0 Å². The molecule has 0 amide bonds. The Morgan fingerprint density at radius 2 is 2.33 bits per heavy atom.